The number of carboxylic acid groups (broad SMARTS) is 1. The number of fused-ring (bicyclic) bond motifs is 1. The Balaban J connectivity index is 2.82. The zero-order chi connectivity index (χ0) is 10.1. The molecule has 0 saturated heterocycles. The van der Waals surface area contributed by atoms with Gasteiger partial charge in [0, 0.05) is 0 Å². The van der Waals surface area contributed by atoms with Gasteiger partial charge in [0.2, 0.25) is 0 Å². The van der Waals surface area contributed by atoms with E-state index in [2.05, 4.69) is 5.16 Å². The topological polar surface area (TPSA) is 72.6 Å². The summed E-state index contributed by atoms with van der Waals surface area (Å²) >= 11 is 0. The van der Waals surface area contributed by atoms with Crippen molar-refractivity contribution < 1.29 is 19.2 Å². The first kappa shape index (κ1) is 8.55. The monoisotopic (exact) mass is 193 g/mol. The summed E-state index contributed by atoms with van der Waals surface area (Å²) in [6.07, 6.45) is 1.36. The Bertz CT molecular complexity index is 489. The van der Waals surface area contributed by atoms with Gasteiger partial charge in [-0.05, 0) is 12.1 Å². The van der Waals surface area contributed by atoms with E-state index in [9.17, 15) is 4.79 Å². The summed E-state index contributed by atoms with van der Waals surface area (Å²) in [5, 5.41) is 12.9. The molecule has 0 bridgehead atoms. The van der Waals surface area contributed by atoms with Gasteiger partial charge in [0.05, 0.1) is 18.7 Å². The van der Waals surface area contributed by atoms with E-state index in [1.807, 2.05) is 0 Å². The van der Waals surface area contributed by atoms with Crippen molar-refractivity contribution in [1.82, 2.24) is 5.16 Å². The van der Waals surface area contributed by atoms with E-state index in [1.54, 1.807) is 6.07 Å². The van der Waals surface area contributed by atoms with Crippen molar-refractivity contribution in [3.05, 3.63) is 23.9 Å². The lowest BCUT2D eigenvalue weighted by Crippen LogP contribution is -2.00. The summed E-state index contributed by atoms with van der Waals surface area (Å²) in [7, 11) is 1.42. The van der Waals surface area contributed by atoms with Gasteiger partial charge in [-0.2, -0.15) is 0 Å². The highest BCUT2D eigenvalue weighted by molar-refractivity contribution is 6.04. The van der Waals surface area contributed by atoms with Crippen molar-refractivity contribution >= 4 is 16.9 Å². The van der Waals surface area contributed by atoms with Crippen LogP contribution < -0.4 is 4.74 Å². The van der Waals surface area contributed by atoms with Crippen molar-refractivity contribution in [2.75, 3.05) is 7.11 Å². The van der Waals surface area contributed by atoms with Crippen LogP contribution in [0, 0.1) is 0 Å². The molecular weight excluding hydrogens is 186 g/mol. The van der Waals surface area contributed by atoms with Crippen LogP contribution in [0.15, 0.2) is 22.9 Å². The maximum atomic E-state index is 10.9. The number of hydrogen-bond donors (Lipinski definition) is 1. The van der Waals surface area contributed by atoms with Gasteiger partial charge >= 0.3 is 5.97 Å². The molecule has 0 amide bonds. The normalized spacial score (nSPS) is 10.4. The molecule has 5 nitrogen and oxygen atoms in total. The zero-order valence-electron chi connectivity index (χ0n) is 7.35. The minimum absolute atomic E-state index is 0.0752. The molecule has 0 radical (unpaired) electrons. The maximum Gasteiger partial charge on any atom is 0.340 e. The fourth-order valence-corrected chi connectivity index (χ4v) is 1.31. The van der Waals surface area contributed by atoms with Crippen molar-refractivity contribution in [3.63, 3.8) is 0 Å². The molecule has 1 aromatic carbocycles. The predicted octanol–water partition coefficient (Wildman–Crippen LogP) is 1.53. The van der Waals surface area contributed by atoms with Gasteiger partial charge in [0.1, 0.15) is 11.3 Å². The van der Waals surface area contributed by atoms with Gasteiger partial charge in [-0.1, -0.05) is 5.16 Å². The molecule has 0 spiro atoms. The molecular formula is C9H7NO4. The van der Waals surface area contributed by atoms with E-state index < -0.39 is 5.97 Å². The lowest BCUT2D eigenvalue weighted by atomic mass is 10.1. The Labute approximate surface area is 78.9 Å². The van der Waals surface area contributed by atoms with Gasteiger partial charge in [-0.3, -0.25) is 0 Å². The number of aromatic nitrogens is 1. The van der Waals surface area contributed by atoms with Crippen LogP contribution in [0.1, 0.15) is 10.4 Å². The second kappa shape index (κ2) is 3.02. The number of aromatic carboxylic acids is 1. The average molecular weight is 193 g/mol. The summed E-state index contributed by atoms with van der Waals surface area (Å²) in [6, 6.07) is 3.16. The van der Waals surface area contributed by atoms with E-state index in [-0.39, 0.29) is 5.56 Å². The van der Waals surface area contributed by atoms with Crippen LogP contribution in [-0.2, 0) is 0 Å². The highest BCUT2D eigenvalue weighted by Crippen LogP contribution is 2.27. The lowest BCUT2D eigenvalue weighted by Gasteiger charge is -2.03. The molecule has 0 aliphatic carbocycles. The fourth-order valence-electron chi connectivity index (χ4n) is 1.31. The first-order valence-corrected chi connectivity index (χ1v) is 3.88. The number of rotatable bonds is 2. The van der Waals surface area contributed by atoms with Gasteiger partial charge in [0.25, 0.3) is 0 Å². The Hall–Kier alpha value is -2.04. The summed E-state index contributed by atoms with van der Waals surface area (Å²) in [6.45, 7) is 0. The Morgan fingerprint density at radius 1 is 1.57 bits per heavy atom. The van der Waals surface area contributed by atoms with Crippen LogP contribution in [-0.4, -0.2) is 23.3 Å². The van der Waals surface area contributed by atoms with Crippen LogP contribution in [0.5, 0.6) is 5.75 Å². The summed E-state index contributed by atoms with van der Waals surface area (Å²) < 4.78 is 9.77. The smallest absolute Gasteiger partial charge is 0.340 e. The van der Waals surface area contributed by atoms with Crippen LogP contribution in [0.2, 0.25) is 0 Å². The number of carboxylic acids is 1. The second-order valence-corrected chi connectivity index (χ2v) is 2.69. The third-order valence-electron chi connectivity index (χ3n) is 1.93. The second-order valence-electron chi connectivity index (χ2n) is 2.69. The minimum atomic E-state index is -1.06. The van der Waals surface area contributed by atoms with Gasteiger partial charge in [0.15, 0.2) is 5.58 Å². The number of methoxy groups -OCH3 is 1. The first-order valence-electron chi connectivity index (χ1n) is 3.88. The molecule has 0 unspecified atom stereocenters. The highest BCUT2D eigenvalue weighted by Gasteiger charge is 2.17. The molecule has 2 rings (SSSR count). The third kappa shape index (κ3) is 1.10. The Morgan fingerprint density at radius 3 is 3.00 bits per heavy atom. The molecule has 1 N–H and O–H groups in total. The van der Waals surface area contributed by atoms with Crippen LogP contribution in [0.25, 0.3) is 11.0 Å². The maximum absolute atomic E-state index is 10.9. The highest BCUT2D eigenvalue weighted by atomic mass is 16.5. The minimum Gasteiger partial charge on any atom is -0.496 e. The van der Waals surface area contributed by atoms with E-state index in [0.717, 1.165) is 0 Å². The molecule has 72 valence electrons. The number of ether oxygens (including phenoxy) is 1. The van der Waals surface area contributed by atoms with Crippen molar-refractivity contribution in [1.29, 1.82) is 0 Å². The van der Waals surface area contributed by atoms with Crippen molar-refractivity contribution in [2.45, 2.75) is 0 Å². The lowest BCUT2D eigenvalue weighted by molar-refractivity contribution is 0.0695. The molecule has 0 atom stereocenters. The molecule has 1 heterocycles. The molecule has 2 aromatic rings. The molecule has 14 heavy (non-hydrogen) atoms. The standard InChI is InChI=1S/C9H7NO4/c1-13-7-3-2-6-5(4-10-14-6)8(7)9(11)12/h2-4H,1H3,(H,11,12). The summed E-state index contributed by atoms with van der Waals surface area (Å²) in [5.74, 6) is -0.760. The third-order valence-corrected chi connectivity index (χ3v) is 1.93. The Morgan fingerprint density at radius 2 is 2.36 bits per heavy atom. The first-order chi connectivity index (χ1) is 6.74. The average Bonchev–Trinajstić information content (AvgIpc) is 2.62. The van der Waals surface area contributed by atoms with Gasteiger partial charge in [-0.15, -0.1) is 0 Å². The van der Waals surface area contributed by atoms with Crippen LogP contribution >= 0.6 is 0 Å². The Kier molecular flexibility index (Phi) is 1.85. The molecule has 0 saturated carbocycles. The zero-order valence-corrected chi connectivity index (χ0v) is 7.35. The number of nitrogens with zero attached hydrogens (tertiary/aromatic N) is 1. The quantitative estimate of drug-likeness (QED) is 0.782. The number of hydrogen-bond acceptors (Lipinski definition) is 4. The van der Waals surface area contributed by atoms with E-state index in [0.29, 0.717) is 16.7 Å². The molecule has 0 fully saturated rings. The van der Waals surface area contributed by atoms with E-state index in [1.165, 1.54) is 19.4 Å². The largest absolute Gasteiger partial charge is 0.496 e. The molecule has 5 heteroatoms. The fraction of sp³-hybridized carbons (Fsp3) is 0.111. The summed E-state index contributed by atoms with van der Waals surface area (Å²) in [5.41, 5.74) is 0.509. The van der Waals surface area contributed by atoms with Crippen molar-refractivity contribution in [2.24, 2.45) is 0 Å². The van der Waals surface area contributed by atoms with Gasteiger partial charge in [-0.25, -0.2) is 4.79 Å². The van der Waals surface area contributed by atoms with Crippen LogP contribution in [0.4, 0.5) is 0 Å². The van der Waals surface area contributed by atoms with Crippen LogP contribution in [0.3, 0.4) is 0 Å². The molecule has 0 aliphatic rings. The number of carbonyl (C=O) groups is 1. The SMILES string of the molecule is COc1ccc2oncc2c1C(=O)O. The molecule has 1 aromatic heterocycles. The number of benzene rings is 1. The van der Waals surface area contributed by atoms with E-state index in [4.69, 9.17) is 14.4 Å². The predicted molar refractivity (Wildman–Crippen MR) is 47.5 cm³/mol. The van der Waals surface area contributed by atoms with E-state index >= 15 is 0 Å². The molecule has 0 aliphatic heterocycles. The van der Waals surface area contributed by atoms with Gasteiger partial charge < -0.3 is 14.4 Å². The van der Waals surface area contributed by atoms with Crippen molar-refractivity contribution in [3.8, 4) is 5.75 Å². The summed E-state index contributed by atoms with van der Waals surface area (Å²) in [4.78, 5) is 10.9.